The minimum absolute atomic E-state index is 0.206. The topological polar surface area (TPSA) is 59.4 Å². The molecule has 1 aliphatic rings. The summed E-state index contributed by atoms with van der Waals surface area (Å²) >= 11 is 11.5. The number of hydrogen-bond acceptors (Lipinski definition) is 8. The van der Waals surface area contributed by atoms with E-state index in [1.165, 1.54) is 21.8 Å². The van der Waals surface area contributed by atoms with Gasteiger partial charge in [-0.25, -0.2) is 9.78 Å². The Morgan fingerprint density at radius 1 is 1.36 bits per heavy atom. The molecule has 0 spiro atoms. The van der Waals surface area contributed by atoms with Gasteiger partial charge in [0.25, 0.3) is 0 Å². The summed E-state index contributed by atoms with van der Waals surface area (Å²) in [6, 6.07) is 8.34. The molecule has 0 amide bonds. The molecule has 8 heteroatoms. The highest BCUT2D eigenvalue weighted by Gasteiger charge is 2.27. The van der Waals surface area contributed by atoms with Crippen LogP contribution in [0.5, 0.6) is 0 Å². The highest BCUT2D eigenvalue weighted by Crippen LogP contribution is 2.41. The van der Waals surface area contributed by atoms with Crippen LogP contribution in [0.2, 0.25) is 0 Å². The number of thioether (sulfide) groups is 1. The van der Waals surface area contributed by atoms with Gasteiger partial charge in [-0.05, 0) is 23.8 Å². The first-order valence-electron chi connectivity index (χ1n) is 7.92. The first-order chi connectivity index (χ1) is 12.1. The number of carbonyl (C=O) groups is 1. The Morgan fingerprint density at radius 3 is 2.92 bits per heavy atom. The molecule has 1 aromatic carbocycles. The Balaban J connectivity index is 1.76. The third-order valence-electron chi connectivity index (χ3n) is 4.04. The van der Waals surface area contributed by atoms with Crippen molar-refractivity contribution in [3.05, 3.63) is 45.9 Å². The van der Waals surface area contributed by atoms with Gasteiger partial charge in [0.15, 0.2) is 5.69 Å². The minimum atomic E-state index is -0.842. The number of ether oxygens (including phenoxy) is 1. The maximum atomic E-state index is 12.3. The van der Waals surface area contributed by atoms with Gasteiger partial charge in [-0.2, -0.15) is 25.3 Å². The molecule has 2 aromatic rings. The Bertz CT molecular complexity index is 736. The van der Waals surface area contributed by atoms with Crippen molar-refractivity contribution in [2.75, 3.05) is 17.3 Å². The molecule has 25 heavy (non-hydrogen) atoms. The number of carbonyl (C=O) groups excluding carboxylic acids is 1. The van der Waals surface area contributed by atoms with Gasteiger partial charge in [0.1, 0.15) is 17.2 Å². The lowest BCUT2D eigenvalue weighted by atomic mass is 9.96. The number of hydrogen-bond donors (Lipinski definition) is 3. The third-order valence-corrected chi connectivity index (χ3v) is 6.86. The van der Waals surface area contributed by atoms with E-state index in [0.717, 1.165) is 17.2 Å². The van der Waals surface area contributed by atoms with Crippen molar-refractivity contribution in [1.82, 2.24) is 4.98 Å². The minimum Gasteiger partial charge on any atom is -0.454 e. The van der Waals surface area contributed by atoms with E-state index in [2.05, 4.69) is 42.4 Å². The fourth-order valence-electron chi connectivity index (χ4n) is 2.69. The van der Waals surface area contributed by atoms with E-state index in [9.17, 15) is 9.90 Å². The van der Waals surface area contributed by atoms with Gasteiger partial charge in [-0.3, -0.25) is 0 Å². The number of esters is 1. The number of aliphatic hydroxyl groups excluding tert-OH is 1. The summed E-state index contributed by atoms with van der Waals surface area (Å²) < 4.78 is 5.33. The first kappa shape index (κ1) is 19.1. The lowest BCUT2D eigenvalue weighted by molar-refractivity contribution is -0.00170. The zero-order chi connectivity index (χ0) is 17.8. The predicted molar refractivity (Wildman–Crippen MR) is 109 cm³/mol. The highest BCUT2D eigenvalue weighted by molar-refractivity contribution is 7.99. The van der Waals surface area contributed by atoms with Crippen molar-refractivity contribution in [2.45, 2.75) is 29.4 Å². The number of nitrogens with zero attached hydrogens (tertiary/aromatic N) is 1. The molecule has 0 fully saturated rings. The van der Waals surface area contributed by atoms with Crippen molar-refractivity contribution >= 4 is 54.3 Å². The van der Waals surface area contributed by atoms with E-state index in [1.54, 1.807) is 5.38 Å². The predicted octanol–water partition coefficient (Wildman–Crippen LogP) is 3.52. The molecule has 3 atom stereocenters. The molecule has 2 heterocycles. The number of aromatic nitrogens is 1. The number of benzene rings is 1. The summed E-state index contributed by atoms with van der Waals surface area (Å²) in [6.07, 6.45) is -0.531. The molecule has 0 saturated heterocycles. The molecule has 1 N–H and O–H groups in total. The summed E-state index contributed by atoms with van der Waals surface area (Å²) in [6.45, 7) is 0. The van der Waals surface area contributed by atoms with Gasteiger partial charge in [0, 0.05) is 27.7 Å². The number of thiazole rings is 1. The second kappa shape index (κ2) is 8.81. The molecule has 0 radical (unpaired) electrons. The van der Waals surface area contributed by atoms with Crippen molar-refractivity contribution in [3.63, 3.8) is 0 Å². The molecule has 4 nitrogen and oxygen atoms in total. The smallest absolute Gasteiger partial charge is 0.358 e. The van der Waals surface area contributed by atoms with Crippen LogP contribution >= 0.6 is 48.4 Å². The monoisotopic (exact) mass is 413 g/mol. The molecule has 3 unspecified atom stereocenters. The zero-order valence-corrected chi connectivity index (χ0v) is 16.8. The molecule has 0 bridgehead atoms. The van der Waals surface area contributed by atoms with E-state index in [1.807, 2.05) is 23.9 Å². The van der Waals surface area contributed by atoms with Gasteiger partial charge in [-0.1, -0.05) is 18.2 Å². The van der Waals surface area contributed by atoms with Crippen LogP contribution in [0.15, 0.2) is 34.5 Å². The summed E-state index contributed by atoms with van der Waals surface area (Å²) in [5.41, 5.74) is 1.56. The van der Waals surface area contributed by atoms with E-state index >= 15 is 0 Å². The van der Waals surface area contributed by atoms with Gasteiger partial charge < -0.3 is 9.84 Å². The number of rotatable bonds is 6. The number of aliphatic hydroxyl groups is 1. The van der Waals surface area contributed by atoms with Gasteiger partial charge in [0.05, 0.1) is 0 Å². The number of fused-ring (bicyclic) bond motifs is 1. The quantitative estimate of drug-likeness (QED) is 0.500. The molecule has 134 valence electrons. The largest absolute Gasteiger partial charge is 0.454 e. The fraction of sp³-hybridized carbons (Fsp3) is 0.412. The zero-order valence-electron chi connectivity index (χ0n) is 13.4. The summed E-state index contributed by atoms with van der Waals surface area (Å²) in [5, 5.41) is 12.5. The normalized spacial score (nSPS) is 19.1. The lowest BCUT2D eigenvalue weighted by Gasteiger charge is -2.23. The van der Waals surface area contributed by atoms with Crippen LogP contribution in [0.4, 0.5) is 0 Å². The van der Waals surface area contributed by atoms with Crippen LogP contribution in [0.3, 0.4) is 0 Å². The van der Waals surface area contributed by atoms with Gasteiger partial charge >= 0.3 is 5.97 Å². The van der Waals surface area contributed by atoms with E-state index < -0.39 is 18.2 Å². The second-order valence-corrected chi connectivity index (χ2v) is 8.43. The van der Waals surface area contributed by atoms with Crippen LogP contribution in [-0.2, 0) is 4.74 Å². The standard InChI is InChI=1S/C17H19NO3S4/c19-13(7-22)14(8-23)21-17(20)12-9-25-16(18-12)11-5-6-24-15-4-2-1-3-10(11)15/h1-4,9,11,13-14,19,22-23H,5-8H2. The summed E-state index contributed by atoms with van der Waals surface area (Å²) in [4.78, 5) is 18.1. The maximum absolute atomic E-state index is 12.3. The van der Waals surface area contributed by atoms with Gasteiger partial charge in [0.2, 0.25) is 0 Å². The number of thiol groups is 2. The Morgan fingerprint density at radius 2 is 2.16 bits per heavy atom. The van der Waals surface area contributed by atoms with Crippen LogP contribution in [0.25, 0.3) is 0 Å². The molecule has 0 saturated carbocycles. The molecule has 3 rings (SSSR count). The lowest BCUT2D eigenvalue weighted by Crippen LogP contribution is -2.34. The first-order valence-corrected chi connectivity index (χ1v) is 11.0. The van der Waals surface area contributed by atoms with E-state index in [-0.39, 0.29) is 23.1 Å². The van der Waals surface area contributed by atoms with Crippen LogP contribution in [0.1, 0.15) is 33.4 Å². The van der Waals surface area contributed by atoms with Crippen LogP contribution < -0.4 is 0 Å². The second-order valence-electron chi connectivity index (χ2n) is 5.67. The molecule has 1 aliphatic heterocycles. The van der Waals surface area contributed by atoms with Crippen molar-refractivity contribution in [3.8, 4) is 0 Å². The molecule has 0 aliphatic carbocycles. The highest BCUT2D eigenvalue weighted by atomic mass is 32.2. The summed E-state index contributed by atoms with van der Waals surface area (Å²) in [7, 11) is 0. The van der Waals surface area contributed by atoms with Crippen molar-refractivity contribution < 1.29 is 14.6 Å². The molecular weight excluding hydrogens is 394 g/mol. The Kier molecular flexibility index (Phi) is 6.73. The van der Waals surface area contributed by atoms with Crippen molar-refractivity contribution in [1.29, 1.82) is 0 Å². The van der Waals surface area contributed by atoms with Crippen LogP contribution in [0, 0.1) is 0 Å². The Hall–Kier alpha value is -0.670. The van der Waals surface area contributed by atoms with Crippen molar-refractivity contribution in [2.24, 2.45) is 0 Å². The molecule has 1 aromatic heterocycles. The molecular formula is C17H19NO3S4. The maximum Gasteiger partial charge on any atom is 0.358 e. The average Bonchev–Trinajstić information content (AvgIpc) is 3.15. The van der Waals surface area contributed by atoms with E-state index in [0.29, 0.717) is 0 Å². The SMILES string of the molecule is O=C(OC(CS)C(O)CS)c1csc(C2CCSc3ccccc32)n1. The fourth-order valence-corrected chi connectivity index (χ4v) is 5.31. The van der Waals surface area contributed by atoms with Gasteiger partial charge in [-0.15, -0.1) is 23.1 Å². The third kappa shape index (κ3) is 4.36. The average molecular weight is 414 g/mol. The Labute approximate surface area is 166 Å². The van der Waals surface area contributed by atoms with Crippen LogP contribution in [-0.4, -0.2) is 45.5 Å². The summed E-state index contributed by atoms with van der Waals surface area (Å²) in [5.74, 6) is 1.17. The van der Waals surface area contributed by atoms with E-state index in [4.69, 9.17) is 4.74 Å².